The molecule has 2 fully saturated rings. The molecule has 2 aliphatic rings. The van der Waals surface area contributed by atoms with Crippen molar-refractivity contribution in [1.29, 1.82) is 0 Å². The summed E-state index contributed by atoms with van der Waals surface area (Å²) in [5.74, 6) is 0.232. The smallest absolute Gasteiger partial charge is 0.216 e. The van der Waals surface area contributed by atoms with Crippen molar-refractivity contribution in [2.45, 2.75) is 38.9 Å². The Morgan fingerprint density at radius 1 is 1.24 bits per heavy atom. The fourth-order valence-electron chi connectivity index (χ4n) is 2.79. The third-order valence-electron chi connectivity index (χ3n) is 3.66. The second kappa shape index (κ2) is 5.22. The van der Waals surface area contributed by atoms with E-state index in [4.69, 9.17) is 0 Å². The maximum Gasteiger partial charge on any atom is 0.216 e. The van der Waals surface area contributed by atoms with Crippen molar-refractivity contribution in [3.8, 4) is 0 Å². The first-order valence-electron chi connectivity index (χ1n) is 6.48. The Labute approximate surface area is 104 Å². The fourth-order valence-corrected chi connectivity index (χ4v) is 4.39. The van der Waals surface area contributed by atoms with E-state index in [0.717, 1.165) is 25.9 Å². The van der Waals surface area contributed by atoms with Gasteiger partial charge in [-0.2, -0.15) is 4.31 Å². The summed E-state index contributed by atoms with van der Waals surface area (Å²) in [6, 6.07) is 0.411. The number of rotatable bonds is 2. The molecule has 0 radical (unpaired) electrons. The minimum atomic E-state index is -3.08. The predicted molar refractivity (Wildman–Crippen MR) is 68.2 cm³/mol. The van der Waals surface area contributed by atoms with E-state index >= 15 is 0 Å². The van der Waals surface area contributed by atoms with Crippen LogP contribution < -0.4 is 5.32 Å². The Morgan fingerprint density at radius 3 is 2.71 bits per heavy atom. The Morgan fingerprint density at radius 2 is 2.00 bits per heavy atom. The molecule has 0 aromatic rings. The topological polar surface area (TPSA) is 52.6 Å². The number of nitrogens with zero attached hydrogens (tertiary/aromatic N) is 2. The molecule has 2 saturated heterocycles. The molecule has 6 heteroatoms. The number of hydrogen-bond donors (Lipinski definition) is 1. The van der Waals surface area contributed by atoms with E-state index in [1.165, 1.54) is 0 Å². The number of likely N-dealkylation sites (tertiary alicyclic amines) is 1. The molecule has 0 amide bonds. The molecule has 1 atom stereocenters. The zero-order chi connectivity index (χ0) is 12.5. The van der Waals surface area contributed by atoms with Crippen molar-refractivity contribution in [3.05, 3.63) is 0 Å². The molecule has 0 saturated carbocycles. The second-order valence-electron chi connectivity index (χ2n) is 5.13. The highest BCUT2D eigenvalue weighted by molar-refractivity contribution is 7.89. The molecule has 0 aromatic heterocycles. The van der Waals surface area contributed by atoms with Crippen LogP contribution in [0.1, 0.15) is 26.7 Å². The van der Waals surface area contributed by atoms with Crippen LogP contribution in [0.2, 0.25) is 0 Å². The lowest BCUT2D eigenvalue weighted by molar-refractivity contribution is 0.114. The van der Waals surface area contributed by atoms with Gasteiger partial charge in [-0.1, -0.05) is 0 Å². The highest BCUT2D eigenvalue weighted by Crippen LogP contribution is 2.25. The Balaban J connectivity index is 2.19. The summed E-state index contributed by atoms with van der Waals surface area (Å²) in [6.07, 6.45) is 2.15. The van der Waals surface area contributed by atoms with Gasteiger partial charge >= 0.3 is 0 Å². The fraction of sp³-hybridized carbons (Fsp3) is 1.00. The Hall–Kier alpha value is -0.170. The maximum atomic E-state index is 12.2. The molecule has 0 spiro atoms. The zero-order valence-electron chi connectivity index (χ0n) is 10.7. The molecule has 1 N–H and O–H groups in total. The van der Waals surface area contributed by atoms with Gasteiger partial charge in [-0.05, 0) is 26.7 Å². The molecule has 5 nitrogen and oxygen atoms in total. The maximum absolute atomic E-state index is 12.2. The molecule has 2 rings (SSSR count). The van der Waals surface area contributed by atoms with E-state index in [0.29, 0.717) is 19.1 Å². The lowest BCUT2D eigenvalue weighted by atomic mass is 10.3. The second-order valence-corrected chi connectivity index (χ2v) is 7.17. The normalized spacial score (nSPS) is 31.8. The number of sulfonamides is 1. The standard InChI is InChI=1S/C11H23N3O2S/c1-10(2)13-7-3-4-11(13)14-8-5-12-6-9-17(14,15)16/h10-12H,3-9H2,1-2H3. The van der Waals surface area contributed by atoms with Gasteiger partial charge in [0.2, 0.25) is 10.0 Å². The van der Waals surface area contributed by atoms with E-state index in [9.17, 15) is 8.42 Å². The van der Waals surface area contributed by atoms with E-state index < -0.39 is 10.0 Å². The summed E-state index contributed by atoms with van der Waals surface area (Å²) in [5.41, 5.74) is 0. The van der Waals surface area contributed by atoms with Crippen molar-refractivity contribution in [2.24, 2.45) is 0 Å². The van der Waals surface area contributed by atoms with Crippen molar-refractivity contribution < 1.29 is 8.42 Å². The SMILES string of the molecule is CC(C)N1CCCC1N1CCNCCS1(=O)=O. The van der Waals surface area contributed by atoms with Crippen LogP contribution in [0.3, 0.4) is 0 Å². The summed E-state index contributed by atoms with van der Waals surface area (Å²) in [6.45, 7) is 7.24. The van der Waals surface area contributed by atoms with Crippen molar-refractivity contribution in [3.63, 3.8) is 0 Å². The van der Waals surface area contributed by atoms with Gasteiger partial charge in [0.25, 0.3) is 0 Å². The summed E-state index contributed by atoms with van der Waals surface area (Å²) in [7, 11) is -3.08. The van der Waals surface area contributed by atoms with Gasteiger partial charge in [0.15, 0.2) is 0 Å². The van der Waals surface area contributed by atoms with Crippen LogP contribution in [-0.2, 0) is 10.0 Å². The Kier molecular flexibility index (Phi) is 4.07. The van der Waals surface area contributed by atoms with Crippen LogP contribution in [0.25, 0.3) is 0 Å². The van der Waals surface area contributed by atoms with Gasteiger partial charge in [0, 0.05) is 32.2 Å². The molecular weight excluding hydrogens is 238 g/mol. The van der Waals surface area contributed by atoms with Gasteiger partial charge in [-0.25, -0.2) is 8.42 Å². The number of hydrogen-bond acceptors (Lipinski definition) is 4. The zero-order valence-corrected chi connectivity index (χ0v) is 11.5. The first-order valence-corrected chi connectivity index (χ1v) is 8.09. The predicted octanol–water partition coefficient (Wildman–Crippen LogP) is 0.0517. The quantitative estimate of drug-likeness (QED) is 0.763. The van der Waals surface area contributed by atoms with Crippen molar-refractivity contribution >= 4 is 10.0 Å². The first-order chi connectivity index (χ1) is 8.02. The summed E-state index contributed by atoms with van der Waals surface area (Å²) in [5, 5.41) is 3.16. The lowest BCUT2D eigenvalue weighted by Gasteiger charge is -2.35. The first kappa shape index (κ1) is 13.3. The summed E-state index contributed by atoms with van der Waals surface area (Å²) < 4.78 is 26.2. The van der Waals surface area contributed by atoms with Gasteiger partial charge in [0.05, 0.1) is 11.9 Å². The molecule has 100 valence electrons. The largest absolute Gasteiger partial charge is 0.314 e. The third-order valence-corrected chi connectivity index (χ3v) is 5.52. The summed E-state index contributed by atoms with van der Waals surface area (Å²) >= 11 is 0. The molecule has 2 heterocycles. The van der Waals surface area contributed by atoms with Gasteiger partial charge in [-0.15, -0.1) is 0 Å². The van der Waals surface area contributed by atoms with Gasteiger partial charge < -0.3 is 5.32 Å². The van der Waals surface area contributed by atoms with Gasteiger partial charge in [-0.3, -0.25) is 4.90 Å². The molecule has 1 unspecified atom stereocenters. The van der Waals surface area contributed by atoms with E-state index in [2.05, 4.69) is 24.1 Å². The summed E-state index contributed by atoms with van der Waals surface area (Å²) in [4.78, 5) is 2.31. The average Bonchev–Trinajstić information content (AvgIpc) is 2.64. The van der Waals surface area contributed by atoms with Crippen LogP contribution in [0.15, 0.2) is 0 Å². The van der Waals surface area contributed by atoms with Crippen molar-refractivity contribution in [2.75, 3.05) is 31.9 Å². The van der Waals surface area contributed by atoms with Crippen LogP contribution >= 0.6 is 0 Å². The monoisotopic (exact) mass is 261 g/mol. The highest BCUT2D eigenvalue weighted by atomic mass is 32.2. The minimum Gasteiger partial charge on any atom is -0.314 e. The number of nitrogens with one attached hydrogen (secondary N) is 1. The molecule has 0 aromatic carbocycles. The molecule has 17 heavy (non-hydrogen) atoms. The lowest BCUT2D eigenvalue weighted by Crippen LogP contribution is -2.50. The van der Waals surface area contributed by atoms with E-state index in [-0.39, 0.29) is 11.9 Å². The van der Waals surface area contributed by atoms with Crippen LogP contribution in [0.4, 0.5) is 0 Å². The van der Waals surface area contributed by atoms with E-state index in [1.54, 1.807) is 4.31 Å². The average molecular weight is 261 g/mol. The molecule has 0 bridgehead atoms. The van der Waals surface area contributed by atoms with Crippen LogP contribution in [-0.4, -0.2) is 61.8 Å². The van der Waals surface area contributed by atoms with Crippen LogP contribution in [0.5, 0.6) is 0 Å². The minimum absolute atomic E-state index is 0.0832. The van der Waals surface area contributed by atoms with Gasteiger partial charge in [0.1, 0.15) is 0 Å². The van der Waals surface area contributed by atoms with Crippen molar-refractivity contribution in [1.82, 2.24) is 14.5 Å². The molecular formula is C11H23N3O2S. The Bertz CT molecular complexity index is 356. The third kappa shape index (κ3) is 2.81. The molecule has 0 aliphatic carbocycles. The molecule has 2 aliphatic heterocycles. The van der Waals surface area contributed by atoms with E-state index in [1.807, 2.05) is 0 Å². The van der Waals surface area contributed by atoms with Crippen LogP contribution in [0, 0.1) is 0 Å². The highest BCUT2D eigenvalue weighted by Gasteiger charge is 2.37.